The van der Waals surface area contributed by atoms with Crippen molar-refractivity contribution in [1.82, 2.24) is 14.9 Å². The van der Waals surface area contributed by atoms with E-state index in [0.29, 0.717) is 17.2 Å². The Kier molecular flexibility index (Phi) is 5.42. The summed E-state index contributed by atoms with van der Waals surface area (Å²) in [5.74, 6) is -0.0178. The zero-order valence-corrected chi connectivity index (χ0v) is 17.3. The molecule has 2 heterocycles. The fourth-order valence-corrected chi connectivity index (χ4v) is 3.61. The van der Waals surface area contributed by atoms with Crippen LogP contribution in [-0.2, 0) is 13.5 Å². The van der Waals surface area contributed by atoms with Gasteiger partial charge in [0.05, 0.1) is 11.6 Å². The van der Waals surface area contributed by atoms with Crippen LogP contribution in [-0.4, -0.2) is 15.5 Å². The molecule has 0 fully saturated rings. The standard InChI is InChI=1S/C23H20ClN3O3/c1-14-19(20-22(30-14)25-13-27(2)23(20)29)21(28)26-18(16-6-4-3-5-7-16)12-15-8-10-17(24)11-9-15/h3-11,13,18H,12H2,1-2H3,(H,26,28). The topological polar surface area (TPSA) is 77.1 Å². The summed E-state index contributed by atoms with van der Waals surface area (Å²) in [6.07, 6.45) is 1.95. The first-order valence-electron chi connectivity index (χ1n) is 9.49. The van der Waals surface area contributed by atoms with E-state index in [1.54, 1.807) is 14.0 Å². The van der Waals surface area contributed by atoms with Gasteiger partial charge in [0.2, 0.25) is 5.71 Å². The molecule has 0 aliphatic carbocycles. The van der Waals surface area contributed by atoms with Gasteiger partial charge in [-0.3, -0.25) is 9.59 Å². The molecule has 152 valence electrons. The summed E-state index contributed by atoms with van der Waals surface area (Å²) in [7, 11) is 1.59. The molecule has 2 aromatic heterocycles. The minimum Gasteiger partial charge on any atom is -0.442 e. The Morgan fingerprint density at radius 2 is 1.87 bits per heavy atom. The van der Waals surface area contributed by atoms with E-state index in [1.165, 1.54) is 10.9 Å². The van der Waals surface area contributed by atoms with Crippen molar-refractivity contribution in [2.75, 3.05) is 0 Å². The molecule has 6 nitrogen and oxygen atoms in total. The SMILES string of the molecule is Cc1oc2ncn(C)c(=O)c2c1C(=O)NC(Cc1ccc(Cl)cc1)c1ccccc1. The first-order valence-corrected chi connectivity index (χ1v) is 9.87. The number of nitrogens with one attached hydrogen (secondary N) is 1. The maximum absolute atomic E-state index is 13.3. The Labute approximate surface area is 178 Å². The monoisotopic (exact) mass is 421 g/mol. The smallest absolute Gasteiger partial charge is 0.265 e. The first-order chi connectivity index (χ1) is 14.4. The Hall–Kier alpha value is -3.38. The third-order valence-electron chi connectivity index (χ3n) is 5.04. The van der Waals surface area contributed by atoms with Gasteiger partial charge in [-0.25, -0.2) is 4.98 Å². The molecule has 4 rings (SSSR count). The quantitative estimate of drug-likeness (QED) is 0.523. The van der Waals surface area contributed by atoms with E-state index in [2.05, 4.69) is 10.3 Å². The molecule has 2 aromatic carbocycles. The van der Waals surface area contributed by atoms with Gasteiger partial charge >= 0.3 is 0 Å². The highest BCUT2D eigenvalue weighted by molar-refractivity contribution is 6.30. The van der Waals surface area contributed by atoms with Crippen molar-refractivity contribution < 1.29 is 9.21 Å². The Morgan fingerprint density at radius 1 is 1.17 bits per heavy atom. The second-order valence-corrected chi connectivity index (χ2v) is 7.58. The van der Waals surface area contributed by atoms with Crippen LogP contribution in [0.15, 0.2) is 70.1 Å². The van der Waals surface area contributed by atoms with Gasteiger partial charge in [-0.1, -0.05) is 54.1 Å². The average molecular weight is 422 g/mol. The van der Waals surface area contributed by atoms with Gasteiger partial charge in [-0.2, -0.15) is 0 Å². The Balaban J connectivity index is 1.71. The third-order valence-corrected chi connectivity index (χ3v) is 5.29. The number of nitrogens with zero attached hydrogens (tertiary/aromatic N) is 2. The van der Waals surface area contributed by atoms with Crippen molar-refractivity contribution in [2.24, 2.45) is 7.05 Å². The summed E-state index contributed by atoms with van der Waals surface area (Å²) in [5.41, 5.74) is 2.04. The molecule has 0 spiro atoms. The minimum atomic E-state index is -0.376. The van der Waals surface area contributed by atoms with E-state index in [1.807, 2.05) is 54.6 Å². The highest BCUT2D eigenvalue weighted by atomic mass is 35.5. The van der Waals surface area contributed by atoms with Gasteiger partial charge in [0, 0.05) is 12.1 Å². The summed E-state index contributed by atoms with van der Waals surface area (Å²) < 4.78 is 6.90. The molecule has 1 atom stereocenters. The predicted octanol–water partition coefficient (Wildman–Crippen LogP) is 4.20. The average Bonchev–Trinajstić information content (AvgIpc) is 3.09. The van der Waals surface area contributed by atoms with Crippen LogP contribution in [0, 0.1) is 6.92 Å². The molecule has 0 aliphatic heterocycles. The van der Waals surface area contributed by atoms with Crippen molar-refractivity contribution in [3.05, 3.63) is 98.8 Å². The van der Waals surface area contributed by atoms with Crippen LogP contribution in [0.3, 0.4) is 0 Å². The molecule has 1 N–H and O–H groups in total. The molecule has 0 aliphatic rings. The summed E-state index contributed by atoms with van der Waals surface area (Å²) in [6, 6.07) is 16.9. The molecule has 7 heteroatoms. The number of carbonyl (C=O) groups is 1. The van der Waals surface area contributed by atoms with E-state index in [4.69, 9.17) is 16.0 Å². The highest BCUT2D eigenvalue weighted by Crippen LogP contribution is 2.24. The minimum absolute atomic E-state index is 0.162. The van der Waals surface area contributed by atoms with Gasteiger partial charge in [-0.05, 0) is 36.6 Å². The van der Waals surface area contributed by atoms with Crippen LogP contribution in [0.4, 0.5) is 0 Å². The van der Waals surface area contributed by atoms with Gasteiger partial charge < -0.3 is 14.3 Å². The number of hydrogen-bond donors (Lipinski definition) is 1. The third kappa shape index (κ3) is 3.86. The molecule has 0 saturated heterocycles. The zero-order chi connectivity index (χ0) is 21.3. The number of furan rings is 1. The number of amides is 1. The van der Waals surface area contributed by atoms with Crippen molar-refractivity contribution >= 4 is 28.6 Å². The number of carbonyl (C=O) groups excluding carboxylic acids is 1. The normalized spacial score (nSPS) is 12.1. The van der Waals surface area contributed by atoms with E-state index in [9.17, 15) is 9.59 Å². The van der Waals surface area contributed by atoms with Crippen LogP contribution >= 0.6 is 11.6 Å². The second-order valence-electron chi connectivity index (χ2n) is 7.14. The lowest BCUT2D eigenvalue weighted by molar-refractivity contribution is 0.0936. The molecular weight excluding hydrogens is 402 g/mol. The Morgan fingerprint density at radius 3 is 2.57 bits per heavy atom. The summed E-state index contributed by atoms with van der Waals surface area (Å²) in [5, 5.41) is 3.91. The van der Waals surface area contributed by atoms with Crippen LogP contribution in [0.25, 0.3) is 11.1 Å². The summed E-state index contributed by atoms with van der Waals surface area (Å²) >= 11 is 6.00. The number of fused-ring (bicyclic) bond motifs is 1. The van der Waals surface area contributed by atoms with Crippen LogP contribution in [0.5, 0.6) is 0 Å². The number of rotatable bonds is 5. The van der Waals surface area contributed by atoms with Crippen molar-refractivity contribution in [3.63, 3.8) is 0 Å². The largest absolute Gasteiger partial charge is 0.442 e. The summed E-state index contributed by atoms with van der Waals surface area (Å²) in [4.78, 5) is 30.0. The van der Waals surface area contributed by atoms with E-state index in [0.717, 1.165) is 11.1 Å². The van der Waals surface area contributed by atoms with Crippen LogP contribution in [0.2, 0.25) is 5.02 Å². The van der Waals surface area contributed by atoms with E-state index >= 15 is 0 Å². The van der Waals surface area contributed by atoms with E-state index in [-0.39, 0.29) is 34.2 Å². The zero-order valence-electron chi connectivity index (χ0n) is 16.6. The van der Waals surface area contributed by atoms with Crippen LogP contribution in [0.1, 0.15) is 33.3 Å². The fourth-order valence-electron chi connectivity index (χ4n) is 3.48. The second kappa shape index (κ2) is 8.16. The molecule has 30 heavy (non-hydrogen) atoms. The van der Waals surface area contributed by atoms with Gasteiger partial charge in [0.25, 0.3) is 11.5 Å². The molecule has 0 saturated carbocycles. The molecule has 1 unspecified atom stereocenters. The van der Waals surface area contributed by atoms with Gasteiger partial charge in [0.1, 0.15) is 17.5 Å². The maximum atomic E-state index is 13.3. The van der Waals surface area contributed by atoms with Crippen molar-refractivity contribution in [1.29, 1.82) is 0 Å². The molecule has 4 aromatic rings. The maximum Gasteiger partial charge on any atom is 0.265 e. The van der Waals surface area contributed by atoms with Gasteiger partial charge in [-0.15, -0.1) is 0 Å². The molecule has 0 radical (unpaired) electrons. The number of aromatic nitrogens is 2. The lowest BCUT2D eigenvalue weighted by Crippen LogP contribution is -2.31. The van der Waals surface area contributed by atoms with Crippen molar-refractivity contribution in [3.8, 4) is 0 Å². The number of benzene rings is 2. The summed E-state index contributed by atoms with van der Waals surface area (Å²) in [6.45, 7) is 1.66. The van der Waals surface area contributed by atoms with E-state index < -0.39 is 0 Å². The molecular formula is C23H20ClN3O3. The lowest BCUT2D eigenvalue weighted by Gasteiger charge is -2.19. The Bertz CT molecular complexity index is 1260. The number of aryl methyl sites for hydroxylation is 2. The molecule has 1 amide bonds. The predicted molar refractivity (Wildman–Crippen MR) is 116 cm³/mol. The fraction of sp³-hybridized carbons (Fsp3) is 0.174. The van der Waals surface area contributed by atoms with Crippen molar-refractivity contribution in [2.45, 2.75) is 19.4 Å². The highest BCUT2D eigenvalue weighted by Gasteiger charge is 2.25. The van der Waals surface area contributed by atoms with Crippen LogP contribution < -0.4 is 10.9 Å². The van der Waals surface area contributed by atoms with Gasteiger partial charge in [0.15, 0.2) is 0 Å². The molecule has 0 bridgehead atoms. The number of halogens is 1. The lowest BCUT2D eigenvalue weighted by atomic mass is 9.98. The first kappa shape index (κ1) is 19.9. The number of hydrogen-bond acceptors (Lipinski definition) is 4.